The number of benzene rings is 2. The fraction of sp³-hybridized carbons (Fsp3) is 0.222. The second kappa shape index (κ2) is 6.02. The Labute approximate surface area is 125 Å². The van der Waals surface area contributed by atoms with Crippen LogP contribution in [0.3, 0.4) is 0 Å². The van der Waals surface area contributed by atoms with Crippen LogP contribution in [0.5, 0.6) is 5.75 Å². The van der Waals surface area contributed by atoms with Gasteiger partial charge in [-0.1, -0.05) is 42.0 Å². The Balaban J connectivity index is 2.10. The van der Waals surface area contributed by atoms with Gasteiger partial charge in [-0.25, -0.2) is 0 Å². The third kappa shape index (κ3) is 2.78. The van der Waals surface area contributed by atoms with Gasteiger partial charge in [-0.15, -0.1) is 0 Å². The molecule has 1 heterocycles. The molecule has 0 aliphatic carbocycles. The van der Waals surface area contributed by atoms with E-state index in [1.165, 1.54) is 5.57 Å². The molecule has 1 aliphatic heterocycles. The van der Waals surface area contributed by atoms with Crippen LogP contribution in [0, 0.1) is 0 Å². The van der Waals surface area contributed by atoms with Crippen LogP contribution >= 0.6 is 0 Å². The lowest BCUT2D eigenvalue weighted by Crippen LogP contribution is -2.38. The summed E-state index contributed by atoms with van der Waals surface area (Å²) in [5.41, 5.74) is 3.10. The number of rotatable bonds is 3. The second-order valence-corrected chi connectivity index (χ2v) is 5.20. The van der Waals surface area contributed by atoms with E-state index in [2.05, 4.69) is 17.9 Å². The Morgan fingerprint density at radius 3 is 2.48 bits per heavy atom. The number of hydrogen-bond acceptors (Lipinski definition) is 3. The van der Waals surface area contributed by atoms with Crippen molar-refractivity contribution >= 4 is 11.4 Å². The molecule has 0 bridgehead atoms. The highest BCUT2D eigenvalue weighted by Crippen LogP contribution is 2.36. The van der Waals surface area contributed by atoms with Crippen molar-refractivity contribution in [3.05, 3.63) is 66.2 Å². The molecule has 2 aromatic carbocycles. The molecule has 21 heavy (non-hydrogen) atoms. The maximum absolute atomic E-state index is 10.3. The third-order valence-corrected chi connectivity index (χ3v) is 3.81. The summed E-state index contributed by atoms with van der Waals surface area (Å²) in [6.45, 7) is 3.39. The summed E-state index contributed by atoms with van der Waals surface area (Å²) in [5, 5.41) is 10.3. The molecule has 3 rings (SSSR count). The Kier molecular flexibility index (Phi) is 3.93. The molecule has 0 radical (unpaired) electrons. The van der Waals surface area contributed by atoms with Crippen molar-refractivity contribution < 1.29 is 9.84 Å². The summed E-state index contributed by atoms with van der Waals surface area (Å²) in [4.78, 5) is 2.14. The topological polar surface area (TPSA) is 32.7 Å². The average molecular weight is 281 g/mol. The Hall–Kier alpha value is -2.26. The lowest BCUT2D eigenvalue weighted by molar-refractivity contribution is 0.142. The number of para-hydroxylation sites is 3. The molecule has 1 aliphatic rings. The smallest absolute Gasteiger partial charge is 0.139 e. The van der Waals surface area contributed by atoms with Gasteiger partial charge in [-0.2, -0.15) is 0 Å². The minimum absolute atomic E-state index is 0.0921. The molecule has 3 nitrogen and oxygen atoms in total. The van der Waals surface area contributed by atoms with Crippen molar-refractivity contribution in [1.82, 2.24) is 0 Å². The summed E-state index contributed by atoms with van der Waals surface area (Å²) in [7, 11) is 0. The van der Waals surface area contributed by atoms with Crippen LogP contribution in [-0.4, -0.2) is 24.4 Å². The first-order valence-corrected chi connectivity index (χ1v) is 7.14. The van der Waals surface area contributed by atoms with E-state index in [0.717, 1.165) is 11.4 Å². The summed E-state index contributed by atoms with van der Waals surface area (Å²) >= 11 is 0. The zero-order valence-corrected chi connectivity index (χ0v) is 12.1. The summed E-state index contributed by atoms with van der Waals surface area (Å²) in [6.07, 6.45) is 2.10. The van der Waals surface area contributed by atoms with Gasteiger partial charge < -0.3 is 14.7 Å². The van der Waals surface area contributed by atoms with Crippen LogP contribution in [0.15, 0.2) is 66.2 Å². The van der Waals surface area contributed by atoms with Crippen molar-refractivity contribution in [3.63, 3.8) is 0 Å². The SMILES string of the molecule is CC1=CCOCC1N(c1ccccc1)c1ccccc1O. The summed E-state index contributed by atoms with van der Waals surface area (Å²) < 4.78 is 5.62. The van der Waals surface area contributed by atoms with Crippen LogP contribution in [0.25, 0.3) is 0 Å². The second-order valence-electron chi connectivity index (χ2n) is 5.20. The van der Waals surface area contributed by atoms with Crippen LogP contribution in [0.1, 0.15) is 6.92 Å². The molecule has 0 saturated carbocycles. The van der Waals surface area contributed by atoms with Crippen LogP contribution < -0.4 is 4.90 Å². The van der Waals surface area contributed by atoms with Gasteiger partial charge in [0, 0.05) is 5.69 Å². The van der Waals surface area contributed by atoms with E-state index in [-0.39, 0.29) is 11.8 Å². The van der Waals surface area contributed by atoms with Crippen LogP contribution in [0.4, 0.5) is 11.4 Å². The standard InChI is InChI=1S/C18H19NO2/c1-14-11-12-21-13-17(14)19(15-7-3-2-4-8-15)16-9-5-6-10-18(16)20/h2-11,17,20H,12-13H2,1H3. The monoisotopic (exact) mass is 281 g/mol. The van der Waals surface area contributed by atoms with Gasteiger partial charge in [0.05, 0.1) is 24.9 Å². The molecule has 108 valence electrons. The van der Waals surface area contributed by atoms with Gasteiger partial charge in [0.15, 0.2) is 0 Å². The van der Waals surface area contributed by atoms with Crippen LogP contribution in [0.2, 0.25) is 0 Å². The van der Waals surface area contributed by atoms with E-state index in [1.807, 2.05) is 48.5 Å². The van der Waals surface area contributed by atoms with Gasteiger partial charge in [0.25, 0.3) is 0 Å². The first kappa shape index (κ1) is 13.7. The zero-order chi connectivity index (χ0) is 14.7. The molecule has 1 unspecified atom stereocenters. The van der Waals surface area contributed by atoms with Gasteiger partial charge in [-0.05, 0) is 31.2 Å². The number of nitrogens with zero attached hydrogens (tertiary/aromatic N) is 1. The maximum atomic E-state index is 10.3. The van der Waals surface area contributed by atoms with E-state index >= 15 is 0 Å². The van der Waals surface area contributed by atoms with E-state index < -0.39 is 0 Å². The average Bonchev–Trinajstić information content (AvgIpc) is 2.52. The molecule has 0 amide bonds. The molecule has 0 saturated heterocycles. The number of hydrogen-bond donors (Lipinski definition) is 1. The predicted octanol–water partition coefficient (Wildman–Crippen LogP) is 3.88. The molecule has 1 atom stereocenters. The number of anilines is 2. The number of aromatic hydroxyl groups is 1. The van der Waals surface area contributed by atoms with E-state index in [0.29, 0.717) is 13.2 Å². The highest BCUT2D eigenvalue weighted by atomic mass is 16.5. The largest absolute Gasteiger partial charge is 0.506 e. The Morgan fingerprint density at radius 2 is 1.76 bits per heavy atom. The van der Waals surface area contributed by atoms with Gasteiger partial charge >= 0.3 is 0 Å². The normalized spacial score (nSPS) is 18.1. The number of phenolic OH excluding ortho intramolecular Hbond substituents is 1. The molecule has 1 N–H and O–H groups in total. The first-order chi connectivity index (χ1) is 10.3. The Bertz CT molecular complexity index is 637. The number of ether oxygens (including phenoxy) is 1. The Morgan fingerprint density at radius 1 is 1.05 bits per heavy atom. The molecule has 0 fully saturated rings. The van der Waals surface area contributed by atoms with E-state index in [1.54, 1.807) is 6.07 Å². The minimum atomic E-state index is 0.0921. The summed E-state index contributed by atoms with van der Waals surface area (Å²) in [5.74, 6) is 0.278. The molecule has 0 aromatic heterocycles. The lowest BCUT2D eigenvalue weighted by Gasteiger charge is -2.36. The predicted molar refractivity (Wildman–Crippen MR) is 85.1 cm³/mol. The van der Waals surface area contributed by atoms with Gasteiger partial charge in [0.2, 0.25) is 0 Å². The molecular formula is C18H19NO2. The van der Waals surface area contributed by atoms with Crippen molar-refractivity contribution in [3.8, 4) is 5.75 Å². The lowest BCUT2D eigenvalue weighted by atomic mass is 10.0. The first-order valence-electron chi connectivity index (χ1n) is 7.14. The highest BCUT2D eigenvalue weighted by Gasteiger charge is 2.26. The summed E-state index contributed by atoms with van der Waals surface area (Å²) in [6, 6.07) is 17.6. The molecule has 0 spiro atoms. The van der Waals surface area contributed by atoms with Crippen molar-refractivity contribution in [2.45, 2.75) is 13.0 Å². The quantitative estimate of drug-likeness (QED) is 0.867. The molecule has 2 aromatic rings. The zero-order valence-electron chi connectivity index (χ0n) is 12.1. The van der Waals surface area contributed by atoms with Crippen molar-refractivity contribution in [2.75, 3.05) is 18.1 Å². The van der Waals surface area contributed by atoms with E-state index in [9.17, 15) is 5.11 Å². The van der Waals surface area contributed by atoms with Crippen molar-refractivity contribution in [1.29, 1.82) is 0 Å². The van der Waals surface area contributed by atoms with Gasteiger partial charge in [0.1, 0.15) is 5.75 Å². The van der Waals surface area contributed by atoms with E-state index in [4.69, 9.17) is 4.74 Å². The fourth-order valence-electron chi connectivity index (χ4n) is 2.66. The number of phenols is 1. The highest BCUT2D eigenvalue weighted by molar-refractivity contribution is 5.70. The van der Waals surface area contributed by atoms with Crippen molar-refractivity contribution in [2.24, 2.45) is 0 Å². The fourth-order valence-corrected chi connectivity index (χ4v) is 2.66. The molecular weight excluding hydrogens is 262 g/mol. The van der Waals surface area contributed by atoms with Gasteiger partial charge in [-0.3, -0.25) is 0 Å². The minimum Gasteiger partial charge on any atom is -0.506 e. The molecule has 3 heteroatoms. The van der Waals surface area contributed by atoms with Crippen LogP contribution in [-0.2, 0) is 4.74 Å². The third-order valence-electron chi connectivity index (χ3n) is 3.81. The maximum Gasteiger partial charge on any atom is 0.139 e.